The summed E-state index contributed by atoms with van der Waals surface area (Å²) in [6, 6.07) is 0. The minimum Gasteiger partial charge on any atom is -0.370 e. The fourth-order valence-electron chi connectivity index (χ4n) is 0.637. The van der Waals surface area contributed by atoms with Gasteiger partial charge in [0.05, 0.1) is 0 Å². The number of primary amides is 1. The second-order valence-corrected chi connectivity index (χ2v) is 2.47. The Bertz CT molecular complexity index is 236. The number of hydrogen-bond donors (Lipinski definition) is 1. The first-order valence-electron chi connectivity index (χ1n) is 3.73. The van der Waals surface area contributed by atoms with Gasteiger partial charge < -0.3 is 10.6 Å². The molecule has 0 unspecified atom stereocenters. The third-order valence-electron chi connectivity index (χ3n) is 1.39. The summed E-state index contributed by atoms with van der Waals surface area (Å²) in [4.78, 5) is 32.6. The molecule has 0 saturated carbocycles. The lowest BCUT2D eigenvalue weighted by atomic mass is 10.3. The van der Waals surface area contributed by atoms with Gasteiger partial charge in [0.25, 0.3) is 0 Å². The van der Waals surface area contributed by atoms with E-state index in [2.05, 4.69) is 0 Å². The Hall–Kier alpha value is -1.65. The molecule has 72 valence electrons. The van der Waals surface area contributed by atoms with Crippen LogP contribution in [0.1, 0.15) is 6.42 Å². The van der Waals surface area contributed by atoms with E-state index in [0.29, 0.717) is 6.29 Å². The van der Waals surface area contributed by atoms with Gasteiger partial charge in [-0.25, -0.2) is 0 Å². The molecule has 0 fully saturated rings. The van der Waals surface area contributed by atoms with Crippen molar-refractivity contribution in [1.82, 2.24) is 4.90 Å². The zero-order chi connectivity index (χ0) is 10.3. The minimum absolute atomic E-state index is 0.122. The molecule has 0 bridgehead atoms. The summed E-state index contributed by atoms with van der Waals surface area (Å²) in [5.74, 6) is -0.785. The summed E-state index contributed by atoms with van der Waals surface area (Å²) in [5.41, 5.74) is 4.89. The predicted octanol–water partition coefficient (Wildman–Crippen LogP) is -0.925. The molecule has 2 amide bonds. The summed E-state index contributed by atoms with van der Waals surface area (Å²) in [6.07, 6.45) is 2.87. The van der Waals surface area contributed by atoms with E-state index >= 15 is 0 Å². The molecule has 0 atom stereocenters. The number of carbonyl (C=O) groups excluding carboxylic acids is 3. The van der Waals surface area contributed by atoms with Gasteiger partial charge in [-0.15, -0.1) is 0 Å². The molecule has 0 rings (SSSR count). The highest BCUT2D eigenvalue weighted by Crippen LogP contribution is 1.89. The molecule has 0 radical (unpaired) electrons. The second kappa shape index (κ2) is 5.93. The highest BCUT2D eigenvalue weighted by Gasteiger charge is 2.05. The van der Waals surface area contributed by atoms with Crippen molar-refractivity contribution in [1.29, 1.82) is 0 Å². The van der Waals surface area contributed by atoms with Crippen LogP contribution in [-0.4, -0.2) is 36.6 Å². The van der Waals surface area contributed by atoms with Crippen molar-refractivity contribution in [3.05, 3.63) is 12.2 Å². The van der Waals surface area contributed by atoms with Crippen molar-refractivity contribution in [2.75, 3.05) is 13.6 Å². The third kappa shape index (κ3) is 5.60. The Kier molecular flexibility index (Phi) is 5.18. The number of nitrogens with zero attached hydrogens (tertiary/aromatic N) is 1. The predicted molar refractivity (Wildman–Crippen MR) is 46.7 cm³/mol. The smallest absolute Gasteiger partial charge is 0.246 e. The molecule has 5 heteroatoms. The number of allylic oxidation sites excluding steroid dienone is 1. The average molecular weight is 184 g/mol. The SMILES string of the molecule is CN(CCC(N)=O)C(=O)/C=C\C=O. The summed E-state index contributed by atoms with van der Waals surface area (Å²) in [6.45, 7) is 0.261. The van der Waals surface area contributed by atoms with Gasteiger partial charge in [0.2, 0.25) is 11.8 Å². The summed E-state index contributed by atoms with van der Waals surface area (Å²) < 4.78 is 0. The van der Waals surface area contributed by atoms with Crippen LogP contribution in [0.15, 0.2) is 12.2 Å². The van der Waals surface area contributed by atoms with Crippen LogP contribution in [-0.2, 0) is 14.4 Å². The van der Waals surface area contributed by atoms with Gasteiger partial charge >= 0.3 is 0 Å². The Labute approximate surface area is 76.2 Å². The van der Waals surface area contributed by atoms with Crippen molar-refractivity contribution in [3.63, 3.8) is 0 Å². The van der Waals surface area contributed by atoms with Gasteiger partial charge in [0, 0.05) is 26.1 Å². The van der Waals surface area contributed by atoms with Crippen molar-refractivity contribution in [2.45, 2.75) is 6.42 Å². The Morgan fingerprint density at radius 1 is 1.46 bits per heavy atom. The van der Waals surface area contributed by atoms with Gasteiger partial charge in [0.15, 0.2) is 0 Å². The molecule has 2 N–H and O–H groups in total. The zero-order valence-corrected chi connectivity index (χ0v) is 7.40. The molecular weight excluding hydrogens is 172 g/mol. The van der Waals surface area contributed by atoms with Crippen LogP contribution in [0.4, 0.5) is 0 Å². The van der Waals surface area contributed by atoms with E-state index in [4.69, 9.17) is 5.73 Å². The number of hydrogen-bond acceptors (Lipinski definition) is 3. The van der Waals surface area contributed by atoms with Crippen LogP contribution >= 0.6 is 0 Å². The molecule has 0 spiro atoms. The van der Waals surface area contributed by atoms with Crippen LogP contribution in [0.25, 0.3) is 0 Å². The van der Waals surface area contributed by atoms with E-state index in [1.807, 2.05) is 0 Å². The van der Waals surface area contributed by atoms with Crippen LogP contribution in [0.5, 0.6) is 0 Å². The first-order chi connectivity index (χ1) is 6.07. The maximum atomic E-state index is 11.0. The first kappa shape index (κ1) is 11.4. The van der Waals surface area contributed by atoms with Crippen molar-refractivity contribution >= 4 is 18.1 Å². The number of aldehydes is 1. The number of amides is 2. The van der Waals surface area contributed by atoms with Crippen molar-refractivity contribution < 1.29 is 14.4 Å². The number of carbonyl (C=O) groups is 3. The van der Waals surface area contributed by atoms with Crippen LogP contribution < -0.4 is 5.73 Å². The van der Waals surface area contributed by atoms with E-state index in [1.54, 1.807) is 0 Å². The lowest BCUT2D eigenvalue weighted by Crippen LogP contribution is -2.29. The Balaban J connectivity index is 3.89. The molecule has 13 heavy (non-hydrogen) atoms. The summed E-state index contributed by atoms with van der Waals surface area (Å²) in [5, 5.41) is 0. The van der Waals surface area contributed by atoms with E-state index in [0.717, 1.165) is 12.2 Å². The van der Waals surface area contributed by atoms with E-state index in [1.165, 1.54) is 11.9 Å². The largest absolute Gasteiger partial charge is 0.370 e. The minimum atomic E-state index is -0.459. The molecular formula is C8H12N2O3. The Morgan fingerprint density at radius 3 is 2.54 bits per heavy atom. The van der Waals surface area contributed by atoms with Gasteiger partial charge in [0.1, 0.15) is 6.29 Å². The van der Waals surface area contributed by atoms with Gasteiger partial charge in [-0.1, -0.05) is 0 Å². The number of nitrogens with two attached hydrogens (primary N) is 1. The maximum Gasteiger partial charge on any atom is 0.246 e. The van der Waals surface area contributed by atoms with E-state index in [-0.39, 0.29) is 18.9 Å². The molecule has 0 aliphatic heterocycles. The zero-order valence-electron chi connectivity index (χ0n) is 7.40. The third-order valence-corrected chi connectivity index (χ3v) is 1.39. The average Bonchev–Trinajstić information content (AvgIpc) is 2.10. The second-order valence-electron chi connectivity index (χ2n) is 2.47. The maximum absolute atomic E-state index is 11.0. The quantitative estimate of drug-likeness (QED) is 0.443. The van der Waals surface area contributed by atoms with Crippen molar-refractivity contribution in [2.24, 2.45) is 5.73 Å². The van der Waals surface area contributed by atoms with Gasteiger partial charge in [-0.2, -0.15) is 0 Å². The standard InChI is InChI=1S/C8H12N2O3/c1-10(5-4-7(9)12)8(13)3-2-6-11/h2-3,6H,4-5H2,1H3,(H2,9,12)/b3-2-. The number of rotatable bonds is 5. The van der Waals surface area contributed by atoms with E-state index in [9.17, 15) is 14.4 Å². The van der Waals surface area contributed by atoms with Crippen LogP contribution in [0.2, 0.25) is 0 Å². The van der Waals surface area contributed by atoms with Gasteiger partial charge in [-0.3, -0.25) is 14.4 Å². The Morgan fingerprint density at radius 2 is 2.08 bits per heavy atom. The molecule has 0 saturated heterocycles. The lowest BCUT2D eigenvalue weighted by molar-refractivity contribution is -0.125. The number of likely N-dealkylation sites (N-methyl/N-ethyl adjacent to an activating group) is 1. The molecule has 0 aliphatic carbocycles. The molecule has 0 heterocycles. The van der Waals surface area contributed by atoms with Gasteiger partial charge in [-0.05, 0) is 6.08 Å². The highest BCUT2D eigenvalue weighted by molar-refractivity contribution is 5.91. The summed E-state index contributed by atoms with van der Waals surface area (Å²) >= 11 is 0. The van der Waals surface area contributed by atoms with Crippen LogP contribution in [0, 0.1) is 0 Å². The van der Waals surface area contributed by atoms with Crippen molar-refractivity contribution in [3.8, 4) is 0 Å². The molecule has 0 aromatic rings. The van der Waals surface area contributed by atoms with Crippen LogP contribution in [0.3, 0.4) is 0 Å². The fraction of sp³-hybridized carbons (Fsp3) is 0.375. The summed E-state index contributed by atoms with van der Waals surface area (Å²) in [7, 11) is 1.53. The molecule has 0 aromatic heterocycles. The molecule has 0 aliphatic rings. The fourth-order valence-corrected chi connectivity index (χ4v) is 0.637. The monoisotopic (exact) mass is 184 g/mol. The normalized spacial score (nSPS) is 9.92. The topological polar surface area (TPSA) is 80.5 Å². The van der Waals surface area contributed by atoms with E-state index < -0.39 is 5.91 Å². The first-order valence-corrected chi connectivity index (χ1v) is 3.73. The molecule has 0 aromatic carbocycles. The highest BCUT2D eigenvalue weighted by atomic mass is 16.2. The lowest BCUT2D eigenvalue weighted by Gasteiger charge is -2.12. The molecule has 5 nitrogen and oxygen atoms in total.